The zero-order valence-corrected chi connectivity index (χ0v) is 20.6. The summed E-state index contributed by atoms with van der Waals surface area (Å²) in [5.74, 6) is 0.00916. The van der Waals surface area contributed by atoms with Gasteiger partial charge in [0, 0.05) is 16.1 Å². The Kier molecular flexibility index (Phi) is 7.26. The van der Waals surface area contributed by atoms with Crippen molar-refractivity contribution >= 4 is 35.2 Å². The molecule has 0 fully saturated rings. The first-order valence-corrected chi connectivity index (χ1v) is 11.4. The van der Waals surface area contributed by atoms with Crippen LogP contribution in [-0.4, -0.2) is 29.4 Å². The van der Waals surface area contributed by atoms with Crippen LogP contribution in [0, 0.1) is 13.8 Å². The molecule has 0 saturated carbocycles. The fourth-order valence-electron chi connectivity index (χ4n) is 3.76. The number of aryl methyl sites for hydroxylation is 1. The Morgan fingerprint density at radius 1 is 1.06 bits per heavy atom. The number of aromatic hydroxyl groups is 1. The molecule has 2 amide bonds. The van der Waals surface area contributed by atoms with Crippen LogP contribution in [0.3, 0.4) is 0 Å². The molecule has 0 bridgehead atoms. The van der Waals surface area contributed by atoms with Crippen LogP contribution in [0.4, 0.5) is 0 Å². The van der Waals surface area contributed by atoms with Gasteiger partial charge in [-0.2, -0.15) is 5.10 Å². The molecule has 3 aromatic rings. The van der Waals surface area contributed by atoms with Crippen LogP contribution in [-0.2, 0) is 4.79 Å². The van der Waals surface area contributed by atoms with Crippen molar-refractivity contribution in [2.45, 2.75) is 20.8 Å². The third-order valence-electron chi connectivity index (χ3n) is 5.58. The molecule has 3 N–H and O–H groups in total. The van der Waals surface area contributed by atoms with Gasteiger partial charge < -0.3 is 19.9 Å². The molecule has 1 aliphatic heterocycles. The van der Waals surface area contributed by atoms with Gasteiger partial charge in [-0.05, 0) is 73.9 Å². The molecular weight excluding hydrogens is 482 g/mol. The van der Waals surface area contributed by atoms with Crippen molar-refractivity contribution in [2.24, 2.45) is 5.10 Å². The largest absolute Gasteiger partial charge is 0.507 e. The summed E-state index contributed by atoms with van der Waals surface area (Å²) in [6.07, 6.45) is 1.51. The fourth-order valence-corrected chi connectivity index (χ4v) is 3.91. The van der Waals surface area contributed by atoms with E-state index >= 15 is 0 Å². The van der Waals surface area contributed by atoms with Gasteiger partial charge in [-0.15, -0.1) is 0 Å². The smallest absolute Gasteiger partial charge is 0.287 e. The van der Waals surface area contributed by atoms with Crippen molar-refractivity contribution in [3.63, 3.8) is 0 Å². The quantitative estimate of drug-likeness (QED) is 0.255. The molecule has 0 unspecified atom stereocenters. The van der Waals surface area contributed by atoms with E-state index < -0.39 is 11.8 Å². The zero-order valence-electron chi connectivity index (χ0n) is 19.9. The number of benzene rings is 3. The van der Waals surface area contributed by atoms with Gasteiger partial charge in [-0.3, -0.25) is 9.59 Å². The number of hydrogen-bond donors (Lipinski definition) is 3. The summed E-state index contributed by atoms with van der Waals surface area (Å²) >= 11 is 6.33. The van der Waals surface area contributed by atoms with Crippen LogP contribution < -0.4 is 20.2 Å². The number of nitrogens with one attached hydrogen (secondary N) is 2. The Bertz CT molecular complexity index is 1400. The maximum absolute atomic E-state index is 13.1. The lowest BCUT2D eigenvalue weighted by Gasteiger charge is -2.13. The van der Waals surface area contributed by atoms with Crippen molar-refractivity contribution in [3.05, 3.63) is 93.1 Å². The van der Waals surface area contributed by atoms with Crippen LogP contribution in [0.5, 0.6) is 17.2 Å². The van der Waals surface area contributed by atoms with Crippen molar-refractivity contribution in [1.29, 1.82) is 0 Å². The van der Waals surface area contributed by atoms with E-state index in [9.17, 15) is 14.7 Å². The molecule has 8 nitrogen and oxygen atoms in total. The summed E-state index contributed by atoms with van der Waals surface area (Å²) in [5, 5.41) is 17.7. The molecule has 184 valence electrons. The third-order valence-corrected chi connectivity index (χ3v) is 6.16. The molecule has 0 radical (unpaired) electrons. The third kappa shape index (κ3) is 5.34. The molecule has 3 aromatic carbocycles. The molecule has 4 rings (SSSR count). The molecule has 9 heteroatoms. The van der Waals surface area contributed by atoms with E-state index in [1.165, 1.54) is 12.1 Å². The predicted octanol–water partition coefficient (Wildman–Crippen LogP) is 4.70. The first-order chi connectivity index (χ1) is 17.2. The number of fused-ring (bicyclic) bond motifs is 1. The zero-order chi connectivity index (χ0) is 25.8. The molecular formula is C27H24ClN3O5. The second kappa shape index (κ2) is 10.5. The first-order valence-electron chi connectivity index (χ1n) is 11.1. The number of phenolic OH excluding ortho intramolecular Hbond substituents is 1. The van der Waals surface area contributed by atoms with Crippen molar-refractivity contribution in [2.75, 3.05) is 6.79 Å². The molecule has 0 atom stereocenters. The Labute approximate surface area is 213 Å². The van der Waals surface area contributed by atoms with E-state index in [0.29, 0.717) is 44.5 Å². The van der Waals surface area contributed by atoms with Crippen molar-refractivity contribution < 1.29 is 24.2 Å². The summed E-state index contributed by atoms with van der Waals surface area (Å²) in [4.78, 5) is 25.9. The number of hydrogen-bond acceptors (Lipinski definition) is 6. The number of rotatable bonds is 6. The lowest BCUT2D eigenvalue weighted by molar-refractivity contribution is -0.117. The molecule has 36 heavy (non-hydrogen) atoms. The molecule has 0 aliphatic carbocycles. The predicted molar refractivity (Wildman–Crippen MR) is 137 cm³/mol. The molecule has 0 aromatic heterocycles. The number of ether oxygens (including phenoxy) is 2. The molecule has 0 spiro atoms. The monoisotopic (exact) mass is 505 g/mol. The Morgan fingerprint density at radius 2 is 1.78 bits per heavy atom. The number of carbonyl (C=O) groups is 2. The average Bonchev–Trinajstić information content (AvgIpc) is 3.34. The summed E-state index contributed by atoms with van der Waals surface area (Å²) in [6, 6.07) is 15.2. The van der Waals surface area contributed by atoms with Gasteiger partial charge >= 0.3 is 0 Å². The second-order valence-electron chi connectivity index (χ2n) is 8.16. The van der Waals surface area contributed by atoms with Gasteiger partial charge in [0.25, 0.3) is 11.8 Å². The number of phenols is 1. The second-order valence-corrected chi connectivity index (χ2v) is 8.53. The van der Waals surface area contributed by atoms with Crippen LogP contribution in [0.1, 0.15) is 39.5 Å². The standard InChI is InChI=1S/C27H24ClN3O5/c1-15-11-21(32)24(16(2)25(15)28)17(3)30-31-27(34)20(29-26(33)19-7-5-4-6-8-19)12-18-9-10-22-23(13-18)36-14-35-22/h4-13,32H,14H2,1-3H3,(H,29,33)(H,31,34)/b20-12-,30-17-. The van der Waals surface area contributed by atoms with Gasteiger partial charge in [0.15, 0.2) is 11.5 Å². The summed E-state index contributed by atoms with van der Waals surface area (Å²) < 4.78 is 10.7. The number of hydrazone groups is 1. The SMILES string of the molecule is C/C(=N/NC(=O)/C(=C/c1ccc2c(c1)OCO2)NC(=O)c1ccccc1)c1c(O)cc(C)c(Cl)c1C. The highest BCUT2D eigenvalue weighted by atomic mass is 35.5. The Hall–Kier alpha value is -4.30. The molecule has 1 aliphatic rings. The topological polar surface area (TPSA) is 109 Å². The van der Waals surface area contributed by atoms with Gasteiger partial charge in [0.2, 0.25) is 6.79 Å². The summed E-state index contributed by atoms with van der Waals surface area (Å²) in [7, 11) is 0. The van der Waals surface area contributed by atoms with E-state index in [0.717, 1.165) is 5.56 Å². The lowest BCUT2D eigenvalue weighted by Crippen LogP contribution is -2.33. The van der Waals surface area contributed by atoms with Crippen LogP contribution in [0.15, 0.2) is 65.4 Å². The highest BCUT2D eigenvalue weighted by Gasteiger charge is 2.18. The van der Waals surface area contributed by atoms with Gasteiger partial charge in [-0.25, -0.2) is 5.43 Å². The van der Waals surface area contributed by atoms with E-state index in [1.54, 1.807) is 69.3 Å². The summed E-state index contributed by atoms with van der Waals surface area (Å²) in [6.45, 7) is 5.30. The van der Waals surface area contributed by atoms with Gasteiger partial charge in [-0.1, -0.05) is 35.9 Å². The lowest BCUT2D eigenvalue weighted by atomic mass is 10.0. The molecule has 0 saturated heterocycles. The van der Waals surface area contributed by atoms with E-state index in [1.807, 2.05) is 0 Å². The minimum atomic E-state index is -0.661. The Balaban J connectivity index is 1.63. The van der Waals surface area contributed by atoms with Crippen molar-refractivity contribution in [1.82, 2.24) is 10.7 Å². The minimum absolute atomic E-state index is 0.00148. The number of nitrogens with zero attached hydrogens (tertiary/aromatic N) is 1. The van der Waals surface area contributed by atoms with E-state index in [2.05, 4.69) is 15.8 Å². The first kappa shape index (κ1) is 24.8. The molecule has 1 heterocycles. The van der Waals surface area contributed by atoms with Crippen molar-refractivity contribution in [3.8, 4) is 17.2 Å². The highest BCUT2D eigenvalue weighted by Crippen LogP contribution is 2.33. The maximum atomic E-state index is 13.1. The van der Waals surface area contributed by atoms with Gasteiger partial charge in [0.05, 0.1) is 5.71 Å². The highest BCUT2D eigenvalue weighted by molar-refractivity contribution is 6.32. The maximum Gasteiger partial charge on any atom is 0.287 e. The normalized spacial score (nSPS) is 12.9. The number of amides is 2. The average molecular weight is 506 g/mol. The number of carbonyl (C=O) groups excluding carboxylic acids is 2. The Morgan fingerprint density at radius 3 is 2.53 bits per heavy atom. The number of halogens is 1. The van der Waals surface area contributed by atoms with Crippen LogP contribution in [0.25, 0.3) is 6.08 Å². The minimum Gasteiger partial charge on any atom is -0.507 e. The van der Waals surface area contributed by atoms with Crippen LogP contribution >= 0.6 is 11.6 Å². The van der Waals surface area contributed by atoms with E-state index in [4.69, 9.17) is 21.1 Å². The van der Waals surface area contributed by atoms with Gasteiger partial charge in [0.1, 0.15) is 11.4 Å². The summed E-state index contributed by atoms with van der Waals surface area (Å²) in [5.41, 5.74) is 5.53. The fraction of sp³-hybridized carbons (Fsp3) is 0.148. The van der Waals surface area contributed by atoms with E-state index in [-0.39, 0.29) is 18.2 Å². The van der Waals surface area contributed by atoms with Crippen LogP contribution in [0.2, 0.25) is 5.02 Å².